The molecule has 2 heterocycles. The quantitative estimate of drug-likeness (QED) is 0.442. The smallest absolute Gasteiger partial charge is 0.222 e. The molecular formula is C13H22IN5O2. The third kappa shape index (κ3) is 5.52. The van der Waals surface area contributed by atoms with Crippen molar-refractivity contribution < 1.29 is 9.32 Å². The van der Waals surface area contributed by atoms with Crippen LogP contribution in [0.5, 0.6) is 0 Å². The van der Waals surface area contributed by atoms with Gasteiger partial charge in [0, 0.05) is 38.7 Å². The van der Waals surface area contributed by atoms with Gasteiger partial charge >= 0.3 is 0 Å². The highest BCUT2D eigenvalue weighted by molar-refractivity contribution is 14.0. The van der Waals surface area contributed by atoms with E-state index >= 15 is 0 Å². The van der Waals surface area contributed by atoms with Gasteiger partial charge in [-0.15, -0.1) is 24.0 Å². The first kappa shape index (κ1) is 17.7. The molecule has 1 fully saturated rings. The van der Waals surface area contributed by atoms with Crippen molar-refractivity contribution in [1.29, 1.82) is 0 Å². The molecule has 2 rings (SSSR count). The number of aliphatic imine (C=N–C) groups is 1. The Morgan fingerprint density at radius 2 is 2.43 bits per heavy atom. The summed E-state index contributed by atoms with van der Waals surface area (Å²) >= 11 is 0. The lowest BCUT2D eigenvalue weighted by atomic mass is 10.1. The average Bonchev–Trinajstić information content (AvgIpc) is 2.94. The van der Waals surface area contributed by atoms with Gasteiger partial charge in [0.25, 0.3) is 0 Å². The summed E-state index contributed by atoms with van der Waals surface area (Å²) in [5.74, 6) is 0.941. The zero-order chi connectivity index (χ0) is 14.4. The summed E-state index contributed by atoms with van der Waals surface area (Å²) in [5, 5.41) is 10.4. The van der Waals surface area contributed by atoms with Gasteiger partial charge in [0.05, 0.1) is 6.54 Å². The molecule has 8 heteroatoms. The molecule has 2 N–H and O–H groups in total. The van der Waals surface area contributed by atoms with Crippen molar-refractivity contribution in [3.63, 3.8) is 0 Å². The molecule has 1 aliphatic rings. The third-order valence-electron chi connectivity index (χ3n) is 3.20. The Balaban J connectivity index is 0.00000220. The number of aromatic nitrogens is 1. The summed E-state index contributed by atoms with van der Waals surface area (Å²) in [4.78, 5) is 17.7. The third-order valence-corrected chi connectivity index (χ3v) is 3.20. The molecule has 1 atom stereocenters. The molecule has 0 spiro atoms. The van der Waals surface area contributed by atoms with Gasteiger partial charge in [0.2, 0.25) is 5.91 Å². The highest BCUT2D eigenvalue weighted by Crippen LogP contribution is 2.09. The number of piperidine rings is 1. The molecule has 0 aromatic carbocycles. The second-order valence-corrected chi connectivity index (χ2v) is 4.84. The van der Waals surface area contributed by atoms with Crippen molar-refractivity contribution in [3.05, 3.63) is 18.0 Å². The number of halogens is 1. The highest BCUT2D eigenvalue weighted by atomic mass is 127. The fourth-order valence-corrected chi connectivity index (χ4v) is 2.12. The van der Waals surface area contributed by atoms with Crippen LogP contribution in [0.3, 0.4) is 0 Å². The Morgan fingerprint density at radius 3 is 3.05 bits per heavy atom. The van der Waals surface area contributed by atoms with Crippen molar-refractivity contribution >= 4 is 35.8 Å². The van der Waals surface area contributed by atoms with E-state index in [1.54, 1.807) is 11.0 Å². The van der Waals surface area contributed by atoms with Crippen LogP contribution in [-0.2, 0) is 11.3 Å². The second-order valence-electron chi connectivity index (χ2n) is 4.84. The van der Waals surface area contributed by atoms with Crippen LogP contribution in [0.1, 0.15) is 25.5 Å². The predicted octanol–water partition coefficient (Wildman–Crippen LogP) is 0.968. The van der Waals surface area contributed by atoms with Crippen LogP contribution in [0.4, 0.5) is 0 Å². The van der Waals surface area contributed by atoms with Gasteiger partial charge in [-0.3, -0.25) is 4.79 Å². The maximum atomic E-state index is 11.5. The molecule has 0 radical (unpaired) electrons. The fraction of sp³-hybridized carbons (Fsp3) is 0.615. The van der Waals surface area contributed by atoms with Crippen LogP contribution in [0.25, 0.3) is 0 Å². The average molecular weight is 407 g/mol. The van der Waals surface area contributed by atoms with Crippen molar-refractivity contribution in [2.45, 2.75) is 32.4 Å². The monoisotopic (exact) mass is 407 g/mol. The first-order valence-corrected chi connectivity index (χ1v) is 6.87. The van der Waals surface area contributed by atoms with Crippen LogP contribution in [-0.4, -0.2) is 48.1 Å². The van der Waals surface area contributed by atoms with Crippen molar-refractivity contribution in [2.24, 2.45) is 4.99 Å². The van der Waals surface area contributed by atoms with E-state index < -0.39 is 0 Å². The number of hydrogen-bond donors (Lipinski definition) is 2. The molecular weight excluding hydrogens is 385 g/mol. The van der Waals surface area contributed by atoms with E-state index in [9.17, 15) is 4.79 Å². The van der Waals surface area contributed by atoms with Gasteiger partial charge in [-0.25, -0.2) is 4.99 Å². The van der Waals surface area contributed by atoms with Crippen LogP contribution in [0.2, 0.25) is 0 Å². The van der Waals surface area contributed by atoms with Gasteiger partial charge in [-0.2, -0.15) is 0 Å². The van der Waals surface area contributed by atoms with Gasteiger partial charge in [0.15, 0.2) is 5.96 Å². The minimum Gasteiger partial charge on any atom is -0.364 e. The molecule has 1 amide bonds. The number of likely N-dealkylation sites (tertiary alicyclic amines) is 1. The molecule has 21 heavy (non-hydrogen) atoms. The van der Waals surface area contributed by atoms with Crippen molar-refractivity contribution in [1.82, 2.24) is 20.7 Å². The number of likely N-dealkylation sites (N-methyl/N-ethyl adjacent to an activating group) is 1. The molecule has 0 bridgehead atoms. The minimum atomic E-state index is 0. The summed E-state index contributed by atoms with van der Waals surface area (Å²) in [7, 11) is 1.83. The van der Waals surface area contributed by atoms with E-state index in [2.05, 4.69) is 20.8 Å². The number of carbonyl (C=O) groups excluding carboxylic acids is 1. The van der Waals surface area contributed by atoms with Gasteiger partial charge < -0.3 is 20.1 Å². The Bertz CT molecular complexity index is 463. The predicted molar refractivity (Wildman–Crippen MR) is 90.5 cm³/mol. The van der Waals surface area contributed by atoms with E-state index in [1.165, 1.54) is 6.26 Å². The Kier molecular flexibility index (Phi) is 7.48. The van der Waals surface area contributed by atoms with Crippen LogP contribution in [0.15, 0.2) is 21.8 Å². The van der Waals surface area contributed by atoms with Crippen LogP contribution < -0.4 is 10.6 Å². The van der Waals surface area contributed by atoms with E-state index in [0.29, 0.717) is 19.5 Å². The number of nitrogens with one attached hydrogen (secondary N) is 2. The SMILES string of the molecule is CCNC(=NCc1ccon1)NC1CCC(=O)N(C)C1.I. The molecule has 7 nitrogen and oxygen atoms in total. The minimum absolute atomic E-state index is 0. The maximum Gasteiger partial charge on any atom is 0.222 e. The first-order valence-electron chi connectivity index (χ1n) is 6.87. The van der Waals surface area contributed by atoms with Crippen molar-refractivity contribution in [3.8, 4) is 0 Å². The number of carbonyl (C=O) groups is 1. The molecule has 1 aromatic heterocycles. The lowest BCUT2D eigenvalue weighted by Crippen LogP contribution is -2.51. The zero-order valence-corrected chi connectivity index (χ0v) is 14.7. The lowest BCUT2D eigenvalue weighted by molar-refractivity contribution is -0.132. The molecule has 1 saturated heterocycles. The molecule has 1 unspecified atom stereocenters. The molecule has 1 aliphatic heterocycles. The maximum absolute atomic E-state index is 11.5. The van der Waals surface area contributed by atoms with Crippen LogP contribution >= 0.6 is 24.0 Å². The standard InChI is InChI=1S/C13H21N5O2.HI/c1-3-14-13(15-8-10-6-7-20-17-10)16-11-4-5-12(19)18(2)9-11;/h6-7,11H,3-5,8-9H2,1-2H3,(H2,14,15,16);1H. The fourth-order valence-electron chi connectivity index (χ4n) is 2.12. The number of nitrogens with zero attached hydrogens (tertiary/aromatic N) is 3. The zero-order valence-electron chi connectivity index (χ0n) is 12.3. The Morgan fingerprint density at radius 1 is 1.62 bits per heavy atom. The first-order chi connectivity index (χ1) is 9.69. The topological polar surface area (TPSA) is 82.8 Å². The summed E-state index contributed by atoms with van der Waals surface area (Å²) in [6.45, 7) is 3.97. The molecule has 0 aliphatic carbocycles. The van der Waals surface area contributed by atoms with Crippen LogP contribution in [0, 0.1) is 0 Å². The Hall–Kier alpha value is -1.32. The van der Waals surface area contributed by atoms with Gasteiger partial charge in [-0.1, -0.05) is 5.16 Å². The Labute approximate surface area is 141 Å². The summed E-state index contributed by atoms with van der Waals surface area (Å²) in [5.41, 5.74) is 0.790. The normalized spacial score (nSPS) is 19.1. The second kappa shape index (κ2) is 8.85. The van der Waals surface area contributed by atoms with Gasteiger partial charge in [-0.05, 0) is 13.3 Å². The van der Waals surface area contributed by atoms with E-state index in [4.69, 9.17) is 4.52 Å². The number of amides is 1. The van der Waals surface area contributed by atoms with Gasteiger partial charge in [0.1, 0.15) is 12.0 Å². The number of hydrogen-bond acceptors (Lipinski definition) is 4. The summed E-state index contributed by atoms with van der Waals surface area (Å²) in [6.07, 6.45) is 2.95. The summed E-state index contributed by atoms with van der Waals surface area (Å²) in [6, 6.07) is 2.02. The van der Waals surface area contributed by atoms with Crippen molar-refractivity contribution in [2.75, 3.05) is 20.1 Å². The highest BCUT2D eigenvalue weighted by Gasteiger charge is 2.23. The molecule has 118 valence electrons. The molecule has 0 saturated carbocycles. The molecule has 1 aromatic rings. The number of guanidine groups is 1. The van der Waals surface area contributed by atoms with E-state index in [1.807, 2.05) is 14.0 Å². The lowest BCUT2D eigenvalue weighted by Gasteiger charge is -2.31. The number of rotatable bonds is 4. The van der Waals surface area contributed by atoms with E-state index in [-0.39, 0.29) is 35.9 Å². The summed E-state index contributed by atoms with van der Waals surface area (Å²) < 4.78 is 4.78. The van der Waals surface area contributed by atoms with E-state index in [0.717, 1.165) is 24.6 Å². The largest absolute Gasteiger partial charge is 0.364 e.